The van der Waals surface area contributed by atoms with Gasteiger partial charge in [-0.1, -0.05) is 12.8 Å². The summed E-state index contributed by atoms with van der Waals surface area (Å²) in [5.41, 5.74) is 2.08. The SMILES string of the molecule is CNCCC1(CCc2cc(Br)sc2Br)CCCC1. The third-order valence-electron chi connectivity index (χ3n) is 4.22. The van der Waals surface area contributed by atoms with E-state index < -0.39 is 0 Å². The molecule has 0 bridgehead atoms. The Labute approximate surface area is 131 Å². The molecular weight excluding hydrogens is 374 g/mol. The van der Waals surface area contributed by atoms with E-state index in [2.05, 4.69) is 50.3 Å². The number of nitrogens with one attached hydrogen (secondary N) is 1. The Hall–Kier alpha value is 0.620. The van der Waals surface area contributed by atoms with Crippen LogP contribution in [0, 0.1) is 5.41 Å². The molecule has 1 aliphatic carbocycles. The minimum absolute atomic E-state index is 0.608. The van der Waals surface area contributed by atoms with Crippen LogP contribution in [0.4, 0.5) is 0 Å². The lowest BCUT2D eigenvalue weighted by Crippen LogP contribution is -2.23. The molecule has 1 fully saturated rings. The largest absolute Gasteiger partial charge is 0.320 e. The summed E-state index contributed by atoms with van der Waals surface area (Å²) in [6.07, 6.45) is 9.61. The van der Waals surface area contributed by atoms with Crippen molar-refractivity contribution >= 4 is 43.2 Å². The third-order valence-corrected chi connectivity index (χ3v) is 6.69. The van der Waals surface area contributed by atoms with Gasteiger partial charge >= 0.3 is 0 Å². The van der Waals surface area contributed by atoms with Crippen molar-refractivity contribution in [2.24, 2.45) is 5.41 Å². The van der Waals surface area contributed by atoms with Crippen molar-refractivity contribution in [2.45, 2.75) is 44.9 Å². The van der Waals surface area contributed by atoms with Crippen LogP contribution in [0.2, 0.25) is 0 Å². The maximum atomic E-state index is 3.67. The van der Waals surface area contributed by atoms with Crippen molar-refractivity contribution in [1.82, 2.24) is 5.32 Å². The van der Waals surface area contributed by atoms with E-state index in [1.165, 1.54) is 58.1 Å². The number of thiophene rings is 1. The Morgan fingerprint density at radius 1 is 1.28 bits per heavy atom. The molecule has 4 heteroatoms. The summed E-state index contributed by atoms with van der Waals surface area (Å²) in [5.74, 6) is 0. The number of halogens is 2. The van der Waals surface area contributed by atoms with E-state index in [-0.39, 0.29) is 0 Å². The average molecular weight is 395 g/mol. The Morgan fingerprint density at radius 2 is 2.00 bits per heavy atom. The zero-order valence-corrected chi connectivity index (χ0v) is 14.9. The summed E-state index contributed by atoms with van der Waals surface area (Å²) in [7, 11) is 2.06. The number of hydrogen-bond donors (Lipinski definition) is 1. The summed E-state index contributed by atoms with van der Waals surface area (Å²) in [4.78, 5) is 0. The van der Waals surface area contributed by atoms with Gasteiger partial charge in [0.2, 0.25) is 0 Å². The van der Waals surface area contributed by atoms with Crippen molar-refractivity contribution in [3.8, 4) is 0 Å². The summed E-state index contributed by atoms with van der Waals surface area (Å²) in [6.45, 7) is 1.16. The molecule has 1 aromatic rings. The van der Waals surface area contributed by atoms with Crippen molar-refractivity contribution < 1.29 is 0 Å². The summed E-state index contributed by atoms with van der Waals surface area (Å²) >= 11 is 9.03. The molecule has 18 heavy (non-hydrogen) atoms. The zero-order chi connectivity index (χ0) is 13.0. The fraction of sp³-hybridized carbons (Fsp3) is 0.714. The molecule has 0 spiro atoms. The first-order valence-corrected chi connectivity index (χ1v) is 9.14. The van der Waals surface area contributed by atoms with Crippen LogP contribution in [0.1, 0.15) is 44.1 Å². The van der Waals surface area contributed by atoms with Crippen LogP contribution in [0.25, 0.3) is 0 Å². The summed E-state index contributed by atoms with van der Waals surface area (Å²) in [5, 5.41) is 3.32. The highest BCUT2D eigenvalue weighted by Crippen LogP contribution is 2.45. The Bertz CT molecular complexity index is 383. The van der Waals surface area contributed by atoms with Gasteiger partial charge in [-0.2, -0.15) is 0 Å². The first-order chi connectivity index (χ1) is 8.65. The maximum absolute atomic E-state index is 3.67. The summed E-state index contributed by atoms with van der Waals surface area (Å²) in [6, 6.07) is 2.27. The van der Waals surface area contributed by atoms with Gasteiger partial charge in [-0.3, -0.25) is 0 Å². The molecular formula is C14H21Br2NS. The average Bonchev–Trinajstić information content (AvgIpc) is 2.92. The second kappa shape index (κ2) is 6.87. The van der Waals surface area contributed by atoms with Crippen molar-refractivity contribution in [3.05, 3.63) is 19.2 Å². The molecule has 0 amide bonds. The number of hydrogen-bond acceptors (Lipinski definition) is 2. The molecule has 1 aliphatic rings. The van der Waals surface area contributed by atoms with Crippen molar-refractivity contribution in [3.63, 3.8) is 0 Å². The molecule has 102 valence electrons. The predicted molar refractivity (Wildman–Crippen MR) is 87.5 cm³/mol. The number of aryl methyl sites for hydroxylation is 1. The maximum Gasteiger partial charge on any atom is 0.0742 e. The van der Waals surface area contributed by atoms with Crippen LogP contribution in [-0.2, 0) is 6.42 Å². The van der Waals surface area contributed by atoms with Gasteiger partial charge in [0.05, 0.1) is 7.57 Å². The molecule has 0 atom stereocenters. The van der Waals surface area contributed by atoms with E-state index in [4.69, 9.17) is 0 Å². The third kappa shape index (κ3) is 3.81. The lowest BCUT2D eigenvalue weighted by Gasteiger charge is -2.29. The molecule has 1 aromatic heterocycles. The molecule has 0 radical (unpaired) electrons. The first kappa shape index (κ1) is 15.0. The van der Waals surface area contributed by atoms with E-state index in [1.54, 1.807) is 11.3 Å². The monoisotopic (exact) mass is 393 g/mol. The second-order valence-electron chi connectivity index (χ2n) is 5.41. The zero-order valence-electron chi connectivity index (χ0n) is 10.9. The van der Waals surface area contributed by atoms with Gasteiger partial charge in [0.15, 0.2) is 0 Å². The van der Waals surface area contributed by atoms with Crippen LogP contribution in [0.5, 0.6) is 0 Å². The second-order valence-corrected chi connectivity index (χ2v) is 9.16. The van der Waals surface area contributed by atoms with E-state index >= 15 is 0 Å². The van der Waals surface area contributed by atoms with E-state index in [0.29, 0.717) is 5.41 Å². The highest BCUT2D eigenvalue weighted by Gasteiger charge is 2.32. The molecule has 0 unspecified atom stereocenters. The van der Waals surface area contributed by atoms with Crippen LogP contribution >= 0.6 is 43.2 Å². The molecule has 1 heterocycles. The number of rotatable bonds is 6. The minimum Gasteiger partial charge on any atom is -0.320 e. The van der Waals surface area contributed by atoms with Crippen LogP contribution < -0.4 is 5.32 Å². The van der Waals surface area contributed by atoms with E-state index in [0.717, 1.165) is 6.54 Å². The quantitative estimate of drug-likeness (QED) is 0.683. The Kier molecular flexibility index (Phi) is 5.73. The fourth-order valence-electron chi connectivity index (χ4n) is 3.08. The topological polar surface area (TPSA) is 12.0 Å². The van der Waals surface area contributed by atoms with Crippen LogP contribution in [0.15, 0.2) is 13.6 Å². The van der Waals surface area contributed by atoms with Gasteiger partial charge in [-0.15, -0.1) is 11.3 Å². The Morgan fingerprint density at radius 3 is 2.56 bits per heavy atom. The highest BCUT2D eigenvalue weighted by molar-refractivity contribution is 9.12. The van der Waals surface area contributed by atoms with Crippen molar-refractivity contribution in [1.29, 1.82) is 0 Å². The fourth-order valence-corrected chi connectivity index (χ4v) is 6.00. The van der Waals surface area contributed by atoms with Crippen LogP contribution in [0.3, 0.4) is 0 Å². The molecule has 0 aliphatic heterocycles. The van der Waals surface area contributed by atoms with Gasteiger partial charge in [-0.05, 0) is 94.6 Å². The smallest absolute Gasteiger partial charge is 0.0742 e. The highest BCUT2D eigenvalue weighted by atomic mass is 79.9. The molecule has 1 saturated carbocycles. The molecule has 0 aromatic carbocycles. The first-order valence-electron chi connectivity index (χ1n) is 6.73. The van der Waals surface area contributed by atoms with Crippen LogP contribution in [-0.4, -0.2) is 13.6 Å². The van der Waals surface area contributed by atoms with Gasteiger partial charge in [-0.25, -0.2) is 0 Å². The van der Waals surface area contributed by atoms with Gasteiger partial charge in [0.25, 0.3) is 0 Å². The summed E-state index contributed by atoms with van der Waals surface area (Å²) < 4.78 is 2.54. The standard InChI is InChI=1S/C14H21Br2NS/c1-17-9-8-14(5-2-3-6-14)7-4-11-10-12(15)18-13(11)16/h10,17H,2-9H2,1H3. The normalized spacial score (nSPS) is 18.4. The molecule has 1 nitrogen and oxygen atoms in total. The lowest BCUT2D eigenvalue weighted by molar-refractivity contribution is 0.247. The Balaban J connectivity index is 1.95. The van der Waals surface area contributed by atoms with E-state index in [9.17, 15) is 0 Å². The van der Waals surface area contributed by atoms with Gasteiger partial charge in [0.1, 0.15) is 0 Å². The lowest BCUT2D eigenvalue weighted by atomic mass is 9.78. The van der Waals surface area contributed by atoms with E-state index in [1.807, 2.05) is 0 Å². The molecule has 1 N–H and O–H groups in total. The van der Waals surface area contributed by atoms with Gasteiger partial charge in [0, 0.05) is 0 Å². The predicted octanol–water partition coefficient (Wildman–Crippen LogP) is 5.38. The molecule has 0 saturated heterocycles. The minimum atomic E-state index is 0.608. The molecule has 2 rings (SSSR count). The van der Waals surface area contributed by atoms with Crippen molar-refractivity contribution in [2.75, 3.05) is 13.6 Å². The van der Waals surface area contributed by atoms with Gasteiger partial charge < -0.3 is 5.32 Å².